The van der Waals surface area contributed by atoms with Crippen molar-refractivity contribution >= 4 is 0 Å². The van der Waals surface area contributed by atoms with E-state index in [1.165, 1.54) is 12.1 Å². The zero-order valence-corrected chi connectivity index (χ0v) is 8.01. The van der Waals surface area contributed by atoms with Crippen LogP contribution in [-0.2, 0) is 12.6 Å². The number of hydrogen-bond donors (Lipinski definition) is 1. The molecule has 0 spiro atoms. The maximum absolute atomic E-state index is 12.2. The van der Waals surface area contributed by atoms with Gasteiger partial charge in [0.1, 0.15) is 0 Å². The highest BCUT2D eigenvalue weighted by Gasteiger charge is 2.29. The summed E-state index contributed by atoms with van der Waals surface area (Å²) in [6, 6.07) is 4.84. The lowest BCUT2D eigenvalue weighted by atomic mass is 10.1. The minimum Gasteiger partial charge on any atom is -0.392 e. The molecular formula is C11H11F3O. The lowest BCUT2D eigenvalue weighted by molar-refractivity contribution is -0.137. The van der Waals surface area contributed by atoms with Gasteiger partial charge in [-0.05, 0) is 29.7 Å². The third-order valence-electron chi connectivity index (χ3n) is 1.96. The van der Waals surface area contributed by atoms with Gasteiger partial charge in [-0.3, -0.25) is 0 Å². The highest BCUT2D eigenvalue weighted by Crippen LogP contribution is 2.29. The predicted molar refractivity (Wildman–Crippen MR) is 51.4 cm³/mol. The zero-order valence-electron chi connectivity index (χ0n) is 8.01. The SMILES string of the molecule is C=C(CO)Cc1ccc(C(F)(F)F)cc1. The van der Waals surface area contributed by atoms with Crippen LogP contribution in [0.5, 0.6) is 0 Å². The predicted octanol–water partition coefficient (Wildman–Crippen LogP) is 2.80. The molecule has 82 valence electrons. The Balaban J connectivity index is 2.77. The first-order chi connectivity index (χ1) is 6.93. The molecule has 0 fully saturated rings. The number of benzene rings is 1. The molecule has 0 aromatic heterocycles. The molecule has 4 heteroatoms. The second-order valence-electron chi connectivity index (χ2n) is 3.28. The normalized spacial score (nSPS) is 11.5. The molecule has 0 aliphatic heterocycles. The van der Waals surface area contributed by atoms with Crippen molar-refractivity contribution in [1.82, 2.24) is 0 Å². The number of hydrogen-bond acceptors (Lipinski definition) is 1. The smallest absolute Gasteiger partial charge is 0.392 e. The van der Waals surface area contributed by atoms with E-state index in [1.807, 2.05) is 0 Å². The zero-order chi connectivity index (χ0) is 11.5. The van der Waals surface area contributed by atoms with Gasteiger partial charge < -0.3 is 5.11 Å². The largest absolute Gasteiger partial charge is 0.416 e. The molecule has 0 unspecified atom stereocenters. The topological polar surface area (TPSA) is 20.2 Å². The van der Waals surface area contributed by atoms with Crippen LogP contribution in [0.2, 0.25) is 0 Å². The quantitative estimate of drug-likeness (QED) is 0.770. The summed E-state index contributed by atoms with van der Waals surface area (Å²) in [5.41, 5.74) is 0.623. The third kappa shape index (κ3) is 3.40. The third-order valence-corrected chi connectivity index (χ3v) is 1.96. The molecule has 1 rings (SSSR count). The number of halogens is 3. The van der Waals surface area contributed by atoms with Crippen molar-refractivity contribution in [2.45, 2.75) is 12.6 Å². The van der Waals surface area contributed by atoms with E-state index in [-0.39, 0.29) is 6.61 Å². The molecular weight excluding hydrogens is 205 g/mol. The van der Waals surface area contributed by atoms with Crippen molar-refractivity contribution in [1.29, 1.82) is 0 Å². The van der Waals surface area contributed by atoms with Crippen LogP contribution < -0.4 is 0 Å². The minimum absolute atomic E-state index is 0.152. The average molecular weight is 216 g/mol. The monoisotopic (exact) mass is 216 g/mol. The molecule has 0 bridgehead atoms. The van der Waals surface area contributed by atoms with Crippen LogP contribution in [0.15, 0.2) is 36.4 Å². The highest BCUT2D eigenvalue weighted by molar-refractivity contribution is 5.27. The summed E-state index contributed by atoms with van der Waals surface area (Å²) in [5, 5.41) is 8.70. The van der Waals surface area contributed by atoms with Crippen molar-refractivity contribution in [2.75, 3.05) is 6.61 Å². The first-order valence-corrected chi connectivity index (χ1v) is 4.37. The van der Waals surface area contributed by atoms with Gasteiger partial charge in [-0.2, -0.15) is 13.2 Å². The Labute approximate surface area is 85.9 Å². The number of rotatable bonds is 3. The molecule has 1 aromatic rings. The molecule has 0 heterocycles. The summed E-state index contributed by atoms with van der Waals surface area (Å²) in [6.07, 6.45) is -3.90. The molecule has 1 N–H and O–H groups in total. The second kappa shape index (κ2) is 4.49. The number of alkyl halides is 3. The standard InChI is InChI=1S/C11H11F3O/c1-8(7-15)6-9-2-4-10(5-3-9)11(12,13)14/h2-5,15H,1,6-7H2. The van der Waals surface area contributed by atoms with Gasteiger partial charge in [-0.15, -0.1) is 0 Å². The Morgan fingerprint density at radius 2 is 1.73 bits per heavy atom. The lowest BCUT2D eigenvalue weighted by Gasteiger charge is -2.07. The van der Waals surface area contributed by atoms with E-state index in [2.05, 4.69) is 6.58 Å². The van der Waals surface area contributed by atoms with Crippen LogP contribution in [0.4, 0.5) is 13.2 Å². The van der Waals surface area contributed by atoms with Crippen LogP contribution in [0.25, 0.3) is 0 Å². The van der Waals surface area contributed by atoms with Gasteiger partial charge in [0.15, 0.2) is 0 Å². The van der Waals surface area contributed by atoms with Crippen molar-refractivity contribution < 1.29 is 18.3 Å². The molecule has 1 aromatic carbocycles. The maximum atomic E-state index is 12.2. The average Bonchev–Trinajstić information content (AvgIpc) is 2.17. The van der Waals surface area contributed by atoms with Gasteiger partial charge in [0.05, 0.1) is 12.2 Å². The fourth-order valence-electron chi connectivity index (χ4n) is 1.16. The Bertz CT molecular complexity index is 338. The van der Waals surface area contributed by atoms with E-state index in [0.717, 1.165) is 12.1 Å². The molecule has 0 amide bonds. The highest BCUT2D eigenvalue weighted by atomic mass is 19.4. The number of aliphatic hydroxyl groups is 1. The molecule has 0 saturated heterocycles. The fraction of sp³-hybridized carbons (Fsp3) is 0.273. The van der Waals surface area contributed by atoms with E-state index in [1.54, 1.807) is 0 Å². The van der Waals surface area contributed by atoms with Crippen molar-refractivity contribution in [3.05, 3.63) is 47.5 Å². The summed E-state index contributed by atoms with van der Waals surface area (Å²) in [4.78, 5) is 0. The van der Waals surface area contributed by atoms with Gasteiger partial charge in [0.2, 0.25) is 0 Å². The Hall–Kier alpha value is -1.29. The van der Waals surface area contributed by atoms with Gasteiger partial charge in [0, 0.05) is 0 Å². The van der Waals surface area contributed by atoms with Gasteiger partial charge in [-0.25, -0.2) is 0 Å². The molecule has 15 heavy (non-hydrogen) atoms. The van der Waals surface area contributed by atoms with Crippen molar-refractivity contribution in [3.8, 4) is 0 Å². The van der Waals surface area contributed by atoms with Crippen molar-refractivity contribution in [2.24, 2.45) is 0 Å². The van der Waals surface area contributed by atoms with E-state index >= 15 is 0 Å². The van der Waals surface area contributed by atoms with Crippen LogP contribution in [0.1, 0.15) is 11.1 Å². The van der Waals surface area contributed by atoms with Gasteiger partial charge in [0.25, 0.3) is 0 Å². The lowest BCUT2D eigenvalue weighted by Crippen LogP contribution is -2.04. The first-order valence-electron chi connectivity index (χ1n) is 4.37. The molecule has 0 radical (unpaired) electrons. The van der Waals surface area contributed by atoms with Crippen LogP contribution in [0, 0.1) is 0 Å². The van der Waals surface area contributed by atoms with E-state index < -0.39 is 11.7 Å². The Morgan fingerprint density at radius 1 is 1.20 bits per heavy atom. The molecule has 0 aliphatic carbocycles. The number of aliphatic hydroxyl groups excluding tert-OH is 1. The summed E-state index contributed by atoms with van der Waals surface area (Å²) in [5.74, 6) is 0. The van der Waals surface area contributed by atoms with Gasteiger partial charge >= 0.3 is 6.18 Å². The van der Waals surface area contributed by atoms with Crippen molar-refractivity contribution in [3.63, 3.8) is 0 Å². The summed E-state index contributed by atoms with van der Waals surface area (Å²) < 4.78 is 36.6. The van der Waals surface area contributed by atoms with Crippen LogP contribution in [-0.4, -0.2) is 11.7 Å². The minimum atomic E-state index is -4.30. The molecule has 1 nitrogen and oxygen atoms in total. The first kappa shape index (κ1) is 11.8. The summed E-state index contributed by atoms with van der Waals surface area (Å²) in [7, 11) is 0. The molecule has 0 atom stereocenters. The second-order valence-corrected chi connectivity index (χ2v) is 3.28. The fourth-order valence-corrected chi connectivity index (χ4v) is 1.16. The molecule has 0 aliphatic rings. The summed E-state index contributed by atoms with van der Waals surface area (Å²) >= 11 is 0. The summed E-state index contributed by atoms with van der Waals surface area (Å²) in [6.45, 7) is 3.42. The van der Waals surface area contributed by atoms with E-state index in [0.29, 0.717) is 17.6 Å². The van der Waals surface area contributed by atoms with Gasteiger partial charge in [-0.1, -0.05) is 18.7 Å². The molecule has 0 saturated carbocycles. The Morgan fingerprint density at radius 3 is 2.13 bits per heavy atom. The maximum Gasteiger partial charge on any atom is 0.416 e. The van der Waals surface area contributed by atoms with E-state index in [9.17, 15) is 13.2 Å². The van der Waals surface area contributed by atoms with Crippen LogP contribution in [0.3, 0.4) is 0 Å². The van der Waals surface area contributed by atoms with Crippen LogP contribution >= 0.6 is 0 Å². The van der Waals surface area contributed by atoms with E-state index in [4.69, 9.17) is 5.11 Å². The Kier molecular flexibility index (Phi) is 3.52.